The minimum atomic E-state index is -0.495. The van der Waals surface area contributed by atoms with Gasteiger partial charge < -0.3 is 28.0 Å². The summed E-state index contributed by atoms with van der Waals surface area (Å²) < 4.78 is 22.4. The molecule has 0 aliphatic carbocycles. The van der Waals surface area contributed by atoms with Crippen LogP contribution in [0.4, 0.5) is 17.1 Å². The molecule has 14 rings (SSSR count). The van der Waals surface area contributed by atoms with Gasteiger partial charge in [0.05, 0.1) is 60.4 Å². The molecule has 0 fully saturated rings. The molecule has 9 aromatic heterocycles. The lowest BCUT2D eigenvalue weighted by Gasteiger charge is -2.21. The zero-order valence-electron chi connectivity index (χ0n) is 48.1. The van der Waals surface area contributed by atoms with Crippen molar-refractivity contribution in [3.05, 3.63) is 181 Å². The molecule has 0 amide bonds. The molecule has 14 aromatic rings. The van der Waals surface area contributed by atoms with E-state index in [0.717, 1.165) is 89.1 Å². The number of pyridine rings is 3. The van der Waals surface area contributed by atoms with Gasteiger partial charge >= 0.3 is 16.9 Å². The molecule has 9 heterocycles. The van der Waals surface area contributed by atoms with Crippen LogP contribution in [0.25, 0.3) is 105 Å². The molecule has 0 unspecified atom stereocenters. The van der Waals surface area contributed by atoms with Crippen molar-refractivity contribution in [3.8, 4) is 29.6 Å². The van der Waals surface area contributed by atoms with Gasteiger partial charge in [0.2, 0.25) is 0 Å². The molecule has 0 radical (unpaired) electrons. The minimum Gasteiger partial charge on any atom is -0.422 e. The third kappa shape index (κ3) is 9.06. The van der Waals surface area contributed by atoms with E-state index in [1.807, 2.05) is 114 Å². The van der Waals surface area contributed by atoms with Crippen LogP contribution in [0.3, 0.4) is 0 Å². The highest BCUT2D eigenvalue weighted by Gasteiger charge is 2.23. The van der Waals surface area contributed by atoms with Gasteiger partial charge in [0, 0.05) is 96.3 Å². The second-order valence-corrected chi connectivity index (χ2v) is 20.2. The van der Waals surface area contributed by atoms with Gasteiger partial charge in [0.15, 0.2) is 22.8 Å². The van der Waals surface area contributed by atoms with Crippen LogP contribution in [0, 0.1) is 40.9 Å². The Morgan fingerprint density at radius 2 is 0.826 bits per heavy atom. The van der Waals surface area contributed by atoms with Crippen LogP contribution in [-0.4, -0.2) is 77.8 Å². The summed E-state index contributed by atoms with van der Waals surface area (Å²) in [6.07, 6.45) is 0. The van der Waals surface area contributed by atoms with Crippen LogP contribution in [0.5, 0.6) is 0 Å². The summed E-state index contributed by atoms with van der Waals surface area (Å²) >= 11 is 0. The van der Waals surface area contributed by atoms with Gasteiger partial charge in [-0.25, -0.2) is 19.4 Å². The predicted molar refractivity (Wildman–Crippen MR) is 334 cm³/mol. The Labute approximate surface area is 489 Å². The van der Waals surface area contributed by atoms with Crippen molar-refractivity contribution in [2.45, 2.75) is 48.5 Å². The van der Waals surface area contributed by atoms with E-state index in [1.165, 1.54) is 12.1 Å². The standard InChI is InChI=1S/C24H19N5O2.C23H18N4O2.C19H17N5O2/c1-3-28(4-2)17-10-11-18-20(13-17)31-24(30)19-12-16(14-25)23-27-26-22(29(23)21(18)19)15-8-6-5-7-9-15;1-3-26(4-2)15-9-10-16-20(12-15)29-23(28)17-11-14(13-24)22-25-18-7-5-6-8-19(18)27(22)21(16)17;1-4-23(5-2)13-6-7-14-16(9-13)26-19(25)15-8-12(10-20)18-22-21-11(3)24(18)17(14)15/h5-13H,3-4H2,1-2H3;5-12H,3-4H2,1-2H3;6-9H,4-5H2,1-3H3. The fraction of sp³-hybridized carbons (Fsp3) is 0.197. The van der Waals surface area contributed by atoms with E-state index < -0.39 is 16.9 Å². The van der Waals surface area contributed by atoms with Crippen LogP contribution in [0.1, 0.15) is 64.1 Å². The summed E-state index contributed by atoms with van der Waals surface area (Å²) in [5.74, 6) is 1.18. The molecule has 424 valence electrons. The van der Waals surface area contributed by atoms with E-state index in [4.69, 9.17) is 13.3 Å². The second kappa shape index (κ2) is 22.4. The molecule has 0 N–H and O–H groups in total. The molecule has 5 aromatic carbocycles. The molecule has 0 aliphatic heterocycles. The van der Waals surface area contributed by atoms with Gasteiger partial charge in [-0.05, 0) is 115 Å². The lowest BCUT2D eigenvalue weighted by molar-refractivity contribution is 0.569. The first kappa shape index (κ1) is 55.1. The van der Waals surface area contributed by atoms with E-state index in [1.54, 1.807) is 21.8 Å². The van der Waals surface area contributed by atoms with Gasteiger partial charge in [0.1, 0.15) is 40.8 Å². The number of imidazole rings is 1. The van der Waals surface area contributed by atoms with Crippen molar-refractivity contribution >= 4 is 111 Å². The zero-order chi connectivity index (χ0) is 60.1. The summed E-state index contributed by atoms with van der Waals surface area (Å²) in [6, 6.07) is 45.9. The Balaban J connectivity index is 0.000000127. The fourth-order valence-corrected chi connectivity index (χ4v) is 11.6. The summed E-state index contributed by atoms with van der Waals surface area (Å²) in [5.41, 5.74) is 9.86. The maximum Gasteiger partial charge on any atom is 0.345 e. The normalized spacial score (nSPS) is 11.3. The highest BCUT2D eigenvalue weighted by molar-refractivity contribution is 6.08. The first-order valence-electron chi connectivity index (χ1n) is 28.3. The Morgan fingerprint density at radius 1 is 0.430 bits per heavy atom. The quantitative estimate of drug-likeness (QED) is 0.0911. The summed E-state index contributed by atoms with van der Waals surface area (Å²) in [7, 11) is 0. The highest BCUT2D eigenvalue weighted by atomic mass is 16.4. The van der Waals surface area contributed by atoms with Gasteiger partial charge in [-0.2, -0.15) is 15.8 Å². The molecule has 0 saturated carbocycles. The predicted octanol–water partition coefficient (Wildman–Crippen LogP) is 11.9. The number of aromatic nitrogens is 8. The van der Waals surface area contributed by atoms with Crippen molar-refractivity contribution < 1.29 is 13.3 Å². The minimum absolute atomic E-state index is 0.272. The highest BCUT2D eigenvalue weighted by Crippen LogP contribution is 2.35. The van der Waals surface area contributed by atoms with Crippen molar-refractivity contribution in [2.24, 2.45) is 0 Å². The molecule has 20 heteroatoms. The molecule has 0 saturated heterocycles. The van der Waals surface area contributed by atoms with Gasteiger partial charge in [-0.1, -0.05) is 42.5 Å². The lowest BCUT2D eigenvalue weighted by atomic mass is 10.1. The van der Waals surface area contributed by atoms with Crippen LogP contribution in [-0.2, 0) is 0 Å². The van der Waals surface area contributed by atoms with Crippen molar-refractivity contribution in [3.63, 3.8) is 0 Å². The average molecular weight is 1140 g/mol. The van der Waals surface area contributed by atoms with Crippen molar-refractivity contribution in [2.75, 3.05) is 54.0 Å². The molecular formula is C66H54N14O6. The average Bonchev–Trinajstić information content (AvgIpc) is 1.50. The molecule has 0 bridgehead atoms. The number of nitriles is 3. The Bertz CT molecular complexity index is 5380. The molecule has 0 atom stereocenters. The maximum atomic E-state index is 13.0. The number of para-hydroxylation sites is 2. The van der Waals surface area contributed by atoms with Gasteiger partial charge in [0.25, 0.3) is 0 Å². The monoisotopic (exact) mass is 1140 g/mol. The second-order valence-electron chi connectivity index (χ2n) is 20.2. The maximum absolute atomic E-state index is 13.0. The van der Waals surface area contributed by atoms with E-state index >= 15 is 0 Å². The summed E-state index contributed by atoms with van der Waals surface area (Å²) in [6.45, 7) is 19.5. The topological polar surface area (TPSA) is 249 Å². The molecule has 0 aliphatic rings. The van der Waals surface area contributed by atoms with Crippen molar-refractivity contribution in [1.29, 1.82) is 15.8 Å². The van der Waals surface area contributed by atoms with E-state index in [-0.39, 0.29) is 5.56 Å². The van der Waals surface area contributed by atoms with E-state index in [0.29, 0.717) is 89.2 Å². The number of aryl methyl sites for hydroxylation is 1. The first-order valence-corrected chi connectivity index (χ1v) is 28.3. The third-order valence-corrected chi connectivity index (χ3v) is 15.8. The molecule has 20 nitrogen and oxygen atoms in total. The Hall–Kier alpha value is -11.4. The van der Waals surface area contributed by atoms with Gasteiger partial charge in [-0.3, -0.25) is 13.2 Å². The smallest absolute Gasteiger partial charge is 0.345 e. The number of rotatable bonds is 10. The van der Waals surface area contributed by atoms with E-state index in [2.05, 4.69) is 99.8 Å². The zero-order valence-corrected chi connectivity index (χ0v) is 48.1. The number of nitrogens with zero attached hydrogens (tertiary/aromatic N) is 14. The number of hydrogen-bond acceptors (Lipinski definition) is 17. The molecule has 0 spiro atoms. The third-order valence-electron chi connectivity index (χ3n) is 15.8. The number of fused-ring (bicyclic) bond motifs is 17. The molecule has 86 heavy (non-hydrogen) atoms. The first-order chi connectivity index (χ1) is 41.9. The van der Waals surface area contributed by atoms with Crippen molar-refractivity contribution in [1.82, 2.24) is 38.6 Å². The van der Waals surface area contributed by atoms with Crippen LogP contribution >= 0.6 is 0 Å². The van der Waals surface area contributed by atoms with Gasteiger partial charge in [-0.15, -0.1) is 20.4 Å². The Kier molecular flexibility index (Phi) is 14.3. The largest absolute Gasteiger partial charge is 0.422 e. The number of benzene rings is 5. The number of anilines is 3. The summed E-state index contributed by atoms with van der Waals surface area (Å²) in [5, 5.41) is 48.9. The van der Waals surface area contributed by atoms with E-state index in [9.17, 15) is 30.2 Å². The Morgan fingerprint density at radius 3 is 1.28 bits per heavy atom. The fourth-order valence-electron chi connectivity index (χ4n) is 11.6. The van der Waals surface area contributed by atoms with Crippen LogP contribution in [0.15, 0.2) is 155 Å². The number of hydrogen-bond donors (Lipinski definition) is 0. The SMILES string of the molecule is CCN(CC)c1ccc2c(c1)oc(=O)c1cc(C#N)c3nc4ccccc4n3c12.CCN(CC)c1ccc2c(c1)oc(=O)c1cc(C#N)c3nnc(-c4ccccc4)n3c12.CCN(CC)c1ccc2c(c1)oc(=O)c1cc(C#N)c3nnc(C)n3c12. The molecular weight excluding hydrogens is 1080 g/mol. The van der Waals surface area contributed by atoms with Crippen LogP contribution in [0.2, 0.25) is 0 Å². The lowest BCUT2D eigenvalue weighted by Crippen LogP contribution is -2.21. The summed E-state index contributed by atoms with van der Waals surface area (Å²) in [4.78, 5) is 49.6. The van der Waals surface area contributed by atoms with Crippen LogP contribution < -0.4 is 31.6 Å².